The average Bonchev–Trinajstić information content (AvgIpc) is 2.39. The second-order valence-corrected chi connectivity index (χ2v) is 4.88. The van der Waals surface area contributed by atoms with Crippen LogP contribution in [-0.4, -0.2) is 37.0 Å². The minimum atomic E-state index is -1.00. The Balaban J connectivity index is 2.07. The molecule has 0 aliphatic carbocycles. The maximum absolute atomic E-state index is 10.6. The molecule has 1 aromatic carbocycles. The summed E-state index contributed by atoms with van der Waals surface area (Å²) < 4.78 is 5.42. The normalized spacial score (nSPS) is 20.9. The number of carboxylic acid groups (broad SMARTS) is 1. The second kappa shape index (κ2) is 5.93. The van der Waals surface area contributed by atoms with Gasteiger partial charge in [0.1, 0.15) is 0 Å². The molecule has 0 bridgehead atoms. The van der Waals surface area contributed by atoms with Gasteiger partial charge in [-0.25, -0.2) is 4.79 Å². The lowest BCUT2D eigenvalue weighted by atomic mass is 10.1. The molecule has 2 atom stereocenters. The van der Waals surface area contributed by atoms with E-state index < -0.39 is 6.09 Å². The maximum atomic E-state index is 10.6. The minimum absolute atomic E-state index is 0.200. The molecule has 1 aliphatic rings. The minimum Gasteiger partial charge on any atom is -0.465 e. The van der Waals surface area contributed by atoms with Gasteiger partial charge in [0.15, 0.2) is 0 Å². The Kier molecular flexibility index (Phi) is 4.27. The predicted molar refractivity (Wildman–Crippen MR) is 73.6 cm³/mol. The van der Waals surface area contributed by atoms with Crippen LogP contribution >= 0.6 is 0 Å². The summed E-state index contributed by atoms with van der Waals surface area (Å²) in [5, 5.41) is 11.2. The van der Waals surface area contributed by atoms with Crippen LogP contribution in [0, 0.1) is 0 Å². The molecule has 19 heavy (non-hydrogen) atoms. The fourth-order valence-electron chi connectivity index (χ4n) is 2.33. The predicted octanol–water partition coefficient (Wildman–Crippen LogP) is 2.24. The number of ether oxygens (including phenoxy) is 1. The first-order chi connectivity index (χ1) is 9.08. The van der Waals surface area contributed by atoms with Gasteiger partial charge in [0.2, 0.25) is 0 Å². The van der Waals surface area contributed by atoms with Crippen LogP contribution in [-0.2, 0) is 4.74 Å². The Morgan fingerprint density at radius 1 is 1.47 bits per heavy atom. The third kappa shape index (κ3) is 3.38. The number of carbonyl (C=O) groups is 1. The van der Waals surface area contributed by atoms with Crippen LogP contribution < -0.4 is 10.2 Å². The lowest BCUT2D eigenvalue weighted by Crippen LogP contribution is -2.43. The standard InChI is InChI=1S/C14H20N2O3/c1-10-9-19-8-7-16(10)13-5-3-12(4-6-13)11(2)15-14(17)18/h3-6,10-11,15H,7-9H2,1-2H3,(H,17,18)/t10-,11?/m0/s1. The third-order valence-corrected chi connectivity index (χ3v) is 3.43. The Bertz CT molecular complexity index is 433. The van der Waals surface area contributed by atoms with Crippen LogP contribution in [0.25, 0.3) is 0 Å². The number of amides is 1. The van der Waals surface area contributed by atoms with Crippen LogP contribution in [0.15, 0.2) is 24.3 Å². The van der Waals surface area contributed by atoms with E-state index in [9.17, 15) is 4.79 Å². The van der Waals surface area contributed by atoms with Gasteiger partial charge < -0.3 is 20.1 Å². The van der Waals surface area contributed by atoms with E-state index >= 15 is 0 Å². The average molecular weight is 264 g/mol. The first kappa shape index (κ1) is 13.7. The molecular weight excluding hydrogens is 244 g/mol. The summed E-state index contributed by atoms with van der Waals surface area (Å²) in [6, 6.07) is 8.19. The van der Waals surface area contributed by atoms with Crippen molar-refractivity contribution in [3.05, 3.63) is 29.8 Å². The van der Waals surface area contributed by atoms with Crippen molar-refractivity contribution >= 4 is 11.8 Å². The first-order valence-electron chi connectivity index (χ1n) is 6.51. The van der Waals surface area contributed by atoms with Crippen molar-refractivity contribution in [1.29, 1.82) is 0 Å². The molecule has 104 valence electrons. The summed E-state index contributed by atoms with van der Waals surface area (Å²) in [5.41, 5.74) is 2.12. The van der Waals surface area contributed by atoms with Gasteiger partial charge in [-0.05, 0) is 31.5 Å². The molecule has 5 heteroatoms. The molecule has 1 unspecified atom stereocenters. The maximum Gasteiger partial charge on any atom is 0.405 e. The number of morpholine rings is 1. The van der Waals surface area contributed by atoms with E-state index in [1.165, 1.54) is 0 Å². The molecular formula is C14H20N2O3. The molecule has 1 amide bonds. The van der Waals surface area contributed by atoms with E-state index in [0.717, 1.165) is 31.0 Å². The van der Waals surface area contributed by atoms with E-state index in [-0.39, 0.29) is 6.04 Å². The molecule has 0 spiro atoms. The largest absolute Gasteiger partial charge is 0.465 e. The van der Waals surface area contributed by atoms with Crippen LogP contribution in [0.1, 0.15) is 25.5 Å². The van der Waals surface area contributed by atoms with Crippen molar-refractivity contribution in [2.75, 3.05) is 24.7 Å². The molecule has 1 saturated heterocycles. The molecule has 1 aromatic rings. The van der Waals surface area contributed by atoms with Gasteiger partial charge in [-0.1, -0.05) is 12.1 Å². The van der Waals surface area contributed by atoms with Gasteiger partial charge in [0.05, 0.1) is 19.3 Å². The lowest BCUT2D eigenvalue weighted by Gasteiger charge is -2.35. The lowest BCUT2D eigenvalue weighted by molar-refractivity contribution is 0.0989. The van der Waals surface area contributed by atoms with Crippen LogP contribution in [0.4, 0.5) is 10.5 Å². The highest BCUT2D eigenvalue weighted by Crippen LogP contribution is 2.22. The van der Waals surface area contributed by atoms with E-state index in [0.29, 0.717) is 6.04 Å². The van der Waals surface area contributed by atoms with Gasteiger partial charge in [0, 0.05) is 18.3 Å². The molecule has 1 aliphatic heterocycles. The summed E-state index contributed by atoms with van der Waals surface area (Å²) in [5.74, 6) is 0. The smallest absolute Gasteiger partial charge is 0.405 e. The van der Waals surface area contributed by atoms with Gasteiger partial charge in [-0.15, -0.1) is 0 Å². The number of nitrogens with one attached hydrogen (secondary N) is 1. The van der Waals surface area contributed by atoms with Crippen molar-refractivity contribution in [1.82, 2.24) is 5.32 Å². The van der Waals surface area contributed by atoms with Crippen LogP contribution in [0.2, 0.25) is 0 Å². The molecule has 0 saturated carbocycles. The number of hydrogen-bond acceptors (Lipinski definition) is 3. The number of benzene rings is 1. The van der Waals surface area contributed by atoms with E-state index in [2.05, 4.69) is 17.1 Å². The second-order valence-electron chi connectivity index (χ2n) is 4.88. The summed E-state index contributed by atoms with van der Waals surface area (Å²) in [7, 11) is 0. The molecule has 5 nitrogen and oxygen atoms in total. The molecule has 2 rings (SSSR count). The van der Waals surface area contributed by atoms with Crippen molar-refractivity contribution in [2.24, 2.45) is 0 Å². The quantitative estimate of drug-likeness (QED) is 0.879. The molecule has 2 N–H and O–H groups in total. The summed E-state index contributed by atoms with van der Waals surface area (Å²) in [6.07, 6.45) is -1.00. The Labute approximate surface area is 113 Å². The van der Waals surface area contributed by atoms with Crippen molar-refractivity contribution in [3.8, 4) is 0 Å². The fourth-order valence-corrected chi connectivity index (χ4v) is 2.33. The Morgan fingerprint density at radius 2 is 2.16 bits per heavy atom. The van der Waals surface area contributed by atoms with Crippen LogP contribution in [0.5, 0.6) is 0 Å². The fraction of sp³-hybridized carbons (Fsp3) is 0.500. The Hall–Kier alpha value is -1.75. The van der Waals surface area contributed by atoms with Crippen molar-refractivity contribution in [2.45, 2.75) is 25.9 Å². The summed E-state index contributed by atoms with van der Waals surface area (Å²) in [6.45, 7) is 6.37. The highest BCUT2D eigenvalue weighted by molar-refractivity contribution is 5.65. The number of hydrogen-bond donors (Lipinski definition) is 2. The number of anilines is 1. The van der Waals surface area contributed by atoms with Gasteiger partial charge >= 0.3 is 6.09 Å². The molecule has 0 radical (unpaired) electrons. The highest BCUT2D eigenvalue weighted by atomic mass is 16.5. The topological polar surface area (TPSA) is 61.8 Å². The number of nitrogens with zero attached hydrogens (tertiary/aromatic N) is 1. The van der Waals surface area contributed by atoms with Gasteiger partial charge in [0.25, 0.3) is 0 Å². The van der Waals surface area contributed by atoms with Crippen molar-refractivity contribution in [3.63, 3.8) is 0 Å². The van der Waals surface area contributed by atoms with Gasteiger partial charge in [-0.2, -0.15) is 0 Å². The van der Waals surface area contributed by atoms with E-state index in [1.54, 1.807) is 0 Å². The van der Waals surface area contributed by atoms with Gasteiger partial charge in [-0.3, -0.25) is 0 Å². The zero-order valence-electron chi connectivity index (χ0n) is 11.3. The SMILES string of the molecule is CC(NC(=O)O)c1ccc(N2CCOC[C@@H]2C)cc1. The van der Waals surface area contributed by atoms with E-state index in [4.69, 9.17) is 9.84 Å². The van der Waals surface area contributed by atoms with E-state index in [1.807, 2.05) is 31.2 Å². The summed E-state index contributed by atoms with van der Waals surface area (Å²) >= 11 is 0. The summed E-state index contributed by atoms with van der Waals surface area (Å²) in [4.78, 5) is 12.9. The molecule has 0 aromatic heterocycles. The Morgan fingerprint density at radius 3 is 2.74 bits per heavy atom. The molecule has 1 heterocycles. The zero-order valence-corrected chi connectivity index (χ0v) is 11.3. The van der Waals surface area contributed by atoms with Crippen molar-refractivity contribution < 1.29 is 14.6 Å². The zero-order chi connectivity index (χ0) is 13.8. The highest BCUT2D eigenvalue weighted by Gasteiger charge is 2.19. The third-order valence-electron chi connectivity index (χ3n) is 3.43. The first-order valence-corrected chi connectivity index (χ1v) is 6.51. The monoisotopic (exact) mass is 264 g/mol. The number of rotatable bonds is 3. The molecule has 1 fully saturated rings. The van der Waals surface area contributed by atoms with Crippen LogP contribution in [0.3, 0.4) is 0 Å².